The number of hydrogen-bond donors (Lipinski definition) is 1. The maximum atomic E-state index is 12.4. The van der Waals surface area contributed by atoms with Gasteiger partial charge in [-0.2, -0.15) is 0 Å². The van der Waals surface area contributed by atoms with Gasteiger partial charge in [-0.1, -0.05) is 31.2 Å². The first-order valence-electron chi connectivity index (χ1n) is 7.93. The summed E-state index contributed by atoms with van der Waals surface area (Å²) in [5.74, 6) is 0.450. The van der Waals surface area contributed by atoms with Crippen molar-refractivity contribution >= 4 is 29.3 Å². The van der Waals surface area contributed by atoms with Crippen molar-refractivity contribution in [3.05, 3.63) is 54.1 Å². The van der Waals surface area contributed by atoms with Gasteiger partial charge in [-0.3, -0.25) is 4.79 Å². The van der Waals surface area contributed by atoms with Crippen molar-refractivity contribution in [3.63, 3.8) is 0 Å². The van der Waals surface area contributed by atoms with Gasteiger partial charge in [0.1, 0.15) is 5.75 Å². The molecule has 2 aromatic rings. The van der Waals surface area contributed by atoms with Crippen LogP contribution in [0.5, 0.6) is 5.75 Å². The second kappa shape index (κ2) is 9.13. The highest BCUT2D eigenvalue weighted by molar-refractivity contribution is 7.99. The van der Waals surface area contributed by atoms with Crippen molar-refractivity contribution in [1.82, 2.24) is 0 Å². The maximum Gasteiger partial charge on any atom is 0.340 e. The Labute approximate surface area is 151 Å². The summed E-state index contributed by atoms with van der Waals surface area (Å²) in [5.41, 5.74) is 0.992. The van der Waals surface area contributed by atoms with Crippen molar-refractivity contribution in [3.8, 4) is 5.75 Å². The van der Waals surface area contributed by atoms with Crippen LogP contribution in [0, 0.1) is 0 Å². The molecule has 0 aliphatic carbocycles. The summed E-state index contributed by atoms with van der Waals surface area (Å²) in [4.78, 5) is 25.5. The lowest BCUT2D eigenvalue weighted by Crippen LogP contribution is -2.30. The van der Waals surface area contributed by atoms with Crippen LogP contribution in [0.2, 0.25) is 0 Å². The lowest BCUT2D eigenvalue weighted by Gasteiger charge is -2.16. The highest BCUT2D eigenvalue weighted by Gasteiger charge is 2.21. The van der Waals surface area contributed by atoms with Crippen LogP contribution in [-0.2, 0) is 9.53 Å². The number of benzene rings is 2. The molecule has 0 heterocycles. The Bertz CT molecular complexity index is 748. The number of thioether (sulfide) groups is 1. The average molecular weight is 359 g/mol. The summed E-state index contributed by atoms with van der Waals surface area (Å²) in [6.45, 7) is 3.55. The minimum Gasteiger partial charge on any atom is -0.495 e. The molecule has 0 unspecified atom stereocenters. The van der Waals surface area contributed by atoms with Gasteiger partial charge in [0.15, 0.2) is 6.10 Å². The third kappa shape index (κ3) is 5.00. The molecule has 1 amide bonds. The van der Waals surface area contributed by atoms with Gasteiger partial charge in [-0.25, -0.2) is 4.79 Å². The highest BCUT2D eigenvalue weighted by Crippen LogP contribution is 2.25. The van der Waals surface area contributed by atoms with E-state index in [1.54, 1.807) is 48.2 Å². The van der Waals surface area contributed by atoms with Crippen LogP contribution < -0.4 is 10.1 Å². The molecule has 0 saturated heterocycles. The Morgan fingerprint density at radius 3 is 2.52 bits per heavy atom. The van der Waals surface area contributed by atoms with Crippen molar-refractivity contribution in [2.45, 2.75) is 24.8 Å². The van der Waals surface area contributed by atoms with Crippen LogP contribution in [0.15, 0.2) is 53.4 Å². The van der Waals surface area contributed by atoms with E-state index in [0.29, 0.717) is 17.0 Å². The lowest BCUT2D eigenvalue weighted by molar-refractivity contribution is -0.123. The Morgan fingerprint density at radius 1 is 1.12 bits per heavy atom. The van der Waals surface area contributed by atoms with E-state index in [1.165, 1.54) is 14.0 Å². The Balaban J connectivity index is 2.05. The molecule has 1 atom stereocenters. The van der Waals surface area contributed by atoms with Gasteiger partial charge in [0, 0.05) is 4.90 Å². The van der Waals surface area contributed by atoms with Gasteiger partial charge in [0.25, 0.3) is 5.91 Å². The predicted molar refractivity (Wildman–Crippen MR) is 99.3 cm³/mol. The van der Waals surface area contributed by atoms with E-state index in [0.717, 1.165) is 10.6 Å². The zero-order chi connectivity index (χ0) is 18.2. The number of rotatable bonds is 7. The van der Waals surface area contributed by atoms with Crippen LogP contribution in [0.4, 0.5) is 5.69 Å². The summed E-state index contributed by atoms with van der Waals surface area (Å²) in [7, 11) is 1.52. The molecule has 132 valence electrons. The largest absolute Gasteiger partial charge is 0.495 e. The molecule has 0 aromatic heterocycles. The minimum atomic E-state index is -0.933. The number of carbonyl (C=O) groups is 2. The van der Waals surface area contributed by atoms with Crippen molar-refractivity contribution < 1.29 is 19.1 Å². The number of esters is 1. The Morgan fingerprint density at radius 2 is 1.80 bits per heavy atom. The summed E-state index contributed by atoms with van der Waals surface area (Å²) in [6.07, 6.45) is -0.933. The number of nitrogens with one attached hydrogen (secondary N) is 1. The molecular weight excluding hydrogens is 338 g/mol. The van der Waals surface area contributed by atoms with Crippen LogP contribution in [0.25, 0.3) is 0 Å². The number of amides is 1. The molecular formula is C19H21NO4S. The van der Waals surface area contributed by atoms with E-state index in [9.17, 15) is 9.59 Å². The summed E-state index contributed by atoms with van der Waals surface area (Å²) < 4.78 is 10.5. The van der Waals surface area contributed by atoms with Crippen LogP contribution in [0.1, 0.15) is 24.2 Å². The number of hydrogen-bond acceptors (Lipinski definition) is 5. The van der Waals surface area contributed by atoms with E-state index in [2.05, 4.69) is 5.32 Å². The molecule has 0 aliphatic heterocycles. The average Bonchev–Trinajstić information content (AvgIpc) is 2.62. The fourth-order valence-corrected chi connectivity index (χ4v) is 2.97. The quantitative estimate of drug-likeness (QED) is 0.598. The minimum absolute atomic E-state index is 0.418. The number of para-hydroxylation sites is 2. The number of ether oxygens (including phenoxy) is 2. The second-order valence-electron chi connectivity index (χ2n) is 5.17. The highest BCUT2D eigenvalue weighted by atomic mass is 32.2. The van der Waals surface area contributed by atoms with Gasteiger partial charge in [0.2, 0.25) is 0 Å². The SMILES string of the molecule is CCSc1ccccc1C(=O)O[C@@H](C)C(=O)Nc1ccccc1OC. The van der Waals surface area contributed by atoms with Crippen LogP contribution >= 0.6 is 11.8 Å². The molecule has 0 spiro atoms. The second-order valence-corrected chi connectivity index (χ2v) is 6.47. The molecule has 0 radical (unpaired) electrons. The van der Waals surface area contributed by atoms with E-state index in [1.807, 2.05) is 19.1 Å². The maximum absolute atomic E-state index is 12.4. The molecule has 1 N–H and O–H groups in total. The lowest BCUT2D eigenvalue weighted by atomic mass is 10.2. The summed E-state index contributed by atoms with van der Waals surface area (Å²) >= 11 is 1.56. The van der Waals surface area contributed by atoms with Crippen molar-refractivity contribution in [2.75, 3.05) is 18.2 Å². The third-order valence-electron chi connectivity index (χ3n) is 3.42. The summed E-state index contributed by atoms with van der Waals surface area (Å²) in [5, 5.41) is 2.71. The molecule has 6 heteroatoms. The first-order chi connectivity index (χ1) is 12.1. The van der Waals surface area contributed by atoms with E-state index < -0.39 is 18.0 Å². The zero-order valence-electron chi connectivity index (χ0n) is 14.4. The van der Waals surface area contributed by atoms with E-state index in [-0.39, 0.29) is 0 Å². The molecule has 0 aliphatic rings. The van der Waals surface area contributed by atoms with E-state index in [4.69, 9.17) is 9.47 Å². The topological polar surface area (TPSA) is 64.6 Å². The monoisotopic (exact) mass is 359 g/mol. The predicted octanol–water partition coefficient (Wildman–Crippen LogP) is 3.99. The molecule has 0 saturated carbocycles. The normalized spacial score (nSPS) is 11.5. The van der Waals surface area contributed by atoms with E-state index >= 15 is 0 Å². The third-order valence-corrected chi connectivity index (χ3v) is 4.38. The molecule has 2 aromatic carbocycles. The fourth-order valence-electron chi connectivity index (χ4n) is 2.18. The molecule has 2 rings (SSSR count). The first kappa shape index (κ1) is 18.9. The van der Waals surface area contributed by atoms with Gasteiger partial charge in [-0.15, -0.1) is 11.8 Å². The van der Waals surface area contributed by atoms with Crippen LogP contribution in [0.3, 0.4) is 0 Å². The van der Waals surface area contributed by atoms with Crippen LogP contribution in [-0.4, -0.2) is 30.8 Å². The van der Waals surface area contributed by atoms with Gasteiger partial charge in [0.05, 0.1) is 18.4 Å². The first-order valence-corrected chi connectivity index (χ1v) is 8.92. The van der Waals surface area contributed by atoms with Crippen molar-refractivity contribution in [2.24, 2.45) is 0 Å². The number of carbonyl (C=O) groups excluding carboxylic acids is 2. The smallest absolute Gasteiger partial charge is 0.340 e. The molecule has 0 bridgehead atoms. The zero-order valence-corrected chi connectivity index (χ0v) is 15.3. The Kier molecular flexibility index (Phi) is 6.89. The fraction of sp³-hybridized carbons (Fsp3) is 0.263. The van der Waals surface area contributed by atoms with Gasteiger partial charge >= 0.3 is 5.97 Å². The Hall–Kier alpha value is -2.47. The van der Waals surface area contributed by atoms with Crippen molar-refractivity contribution in [1.29, 1.82) is 0 Å². The standard InChI is InChI=1S/C19H21NO4S/c1-4-25-17-12-8-5-9-14(17)19(22)24-13(2)18(21)20-15-10-6-7-11-16(15)23-3/h5-13H,4H2,1-3H3,(H,20,21)/t13-/m0/s1. The molecule has 5 nitrogen and oxygen atoms in total. The number of methoxy groups -OCH3 is 1. The molecule has 25 heavy (non-hydrogen) atoms. The summed E-state index contributed by atoms with van der Waals surface area (Å²) in [6, 6.07) is 14.3. The molecule has 0 fully saturated rings. The van der Waals surface area contributed by atoms with Gasteiger partial charge < -0.3 is 14.8 Å². The van der Waals surface area contributed by atoms with Gasteiger partial charge in [-0.05, 0) is 36.9 Å². The number of anilines is 1.